The van der Waals surface area contributed by atoms with Crippen molar-refractivity contribution in [3.05, 3.63) is 65.3 Å². The zero-order chi connectivity index (χ0) is 18.8. The van der Waals surface area contributed by atoms with E-state index in [2.05, 4.69) is 37.7 Å². The molecule has 0 amide bonds. The van der Waals surface area contributed by atoms with E-state index >= 15 is 0 Å². The number of likely N-dealkylation sites (N-methyl/N-ethyl adjacent to an activating group) is 1. The quantitative estimate of drug-likeness (QED) is 0.840. The van der Waals surface area contributed by atoms with Gasteiger partial charge in [-0.3, -0.25) is 0 Å². The van der Waals surface area contributed by atoms with Gasteiger partial charge in [-0.25, -0.2) is 9.97 Å². The second kappa shape index (κ2) is 6.92. The molecule has 4 rings (SSSR count). The maximum atomic E-state index is 6.03. The Morgan fingerprint density at radius 2 is 1.96 bits per heavy atom. The van der Waals surface area contributed by atoms with Crippen molar-refractivity contribution in [2.24, 2.45) is 0 Å². The zero-order valence-corrected chi connectivity index (χ0v) is 15.1. The SMILES string of the molecule is CN(C)C1=C(c2cnc(N)c(-c3nnc(C4=CC=CCC4)o3)n2)C=C=C=C1. The molecular weight excluding hydrogens is 340 g/mol. The summed E-state index contributed by atoms with van der Waals surface area (Å²) < 4.78 is 5.83. The van der Waals surface area contributed by atoms with E-state index in [4.69, 9.17) is 10.2 Å². The average Bonchev–Trinajstić information content (AvgIpc) is 3.19. The van der Waals surface area contributed by atoms with Gasteiger partial charge < -0.3 is 15.1 Å². The Kier molecular flexibility index (Phi) is 4.30. The molecule has 0 unspecified atom stereocenters. The average molecular weight is 358 g/mol. The lowest BCUT2D eigenvalue weighted by molar-refractivity contribution is 0.532. The van der Waals surface area contributed by atoms with Crippen LogP contribution in [0.15, 0.2) is 58.2 Å². The van der Waals surface area contributed by atoms with Crippen molar-refractivity contribution in [2.45, 2.75) is 12.8 Å². The van der Waals surface area contributed by atoms with Crippen molar-refractivity contribution in [3.8, 4) is 11.6 Å². The standard InChI is InChI=1S/C20H18N6O/c1-26(2)16-11-7-6-10-14(16)15-12-22-18(21)17(23-15)20-25-24-19(27-20)13-8-4-3-5-9-13/h3-4,8,10-12H,5,9H2,1-2H3,(H2,21,22). The maximum Gasteiger partial charge on any atom is 0.270 e. The van der Waals surface area contributed by atoms with Gasteiger partial charge in [-0.05, 0) is 12.8 Å². The first-order valence-electron chi connectivity index (χ1n) is 8.55. The summed E-state index contributed by atoms with van der Waals surface area (Å²) in [5, 5.41) is 8.27. The van der Waals surface area contributed by atoms with Crippen LogP contribution in [0.2, 0.25) is 0 Å². The van der Waals surface area contributed by atoms with Crippen molar-refractivity contribution < 1.29 is 4.42 Å². The molecule has 2 aliphatic carbocycles. The molecule has 0 atom stereocenters. The van der Waals surface area contributed by atoms with Gasteiger partial charge in [0.05, 0.1) is 17.6 Å². The number of nitrogens with two attached hydrogens (primary N) is 1. The number of allylic oxidation sites excluding steroid dienone is 7. The lowest BCUT2D eigenvalue weighted by Gasteiger charge is -2.17. The summed E-state index contributed by atoms with van der Waals surface area (Å²) in [4.78, 5) is 10.9. The lowest BCUT2D eigenvalue weighted by atomic mass is 10.1. The third kappa shape index (κ3) is 3.25. The van der Waals surface area contributed by atoms with Crippen molar-refractivity contribution in [1.82, 2.24) is 25.1 Å². The van der Waals surface area contributed by atoms with Crippen LogP contribution >= 0.6 is 0 Å². The predicted octanol–water partition coefficient (Wildman–Crippen LogP) is 2.99. The molecule has 2 N–H and O–H groups in total. The van der Waals surface area contributed by atoms with Crippen LogP contribution in [0.3, 0.4) is 0 Å². The molecule has 7 nitrogen and oxygen atoms in total. The number of hydrogen-bond donors (Lipinski definition) is 1. The molecule has 0 bridgehead atoms. The van der Waals surface area contributed by atoms with Crippen LogP contribution in [0.1, 0.15) is 24.4 Å². The highest BCUT2D eigenvalue weighted by Gasteiger charge is 2.19. The largest absolute Gasteiger partial charge is 0.415 e. The van der Waals surface area contributed by atoms with Crippen LogP contribution < -0.4 is 5.73 Å². The van der Waals surface area contributed by atoms with Gasteiger partial charge in [-0.1, -0.05) is 29.7 Å². The highest BCUT2D eigenvalue weighted by molar-refractivity contribution is 5.78. The third-order valence-corrected chi connectivity index (χ3v) is 4.26. The van der Waals surface area contributed by atoms with E-state index in [0.717, 1.165) is 29.7 Å². The molecule has 0 radical (unpaired) electrons. The number of anilines is 1. The predicted molar refractivity (Wildman–Crippen MR) is 103 cm³/mol. The molecule has 27 heavy (non-hydrogen) atoms. The van der Waals surface area contributed by atoms with Gasteiger partial charge in [-0.2, -0.15) is 0 Å². The Bertz CT molecular complexity index is 1090. The fourth-order valence-corrected chi connectivity index (χ4v) is 2.87. The van der Waals surface area contributed by atoms with Gasteiger partial charge in [0.2, 0.25) is 5.89 Å². The van der Waals surface area contributed by atoms with Gasteiger partial charge in [0.1, 0.15) is 0 Å². The molecule has 0 saturated carbocycles. The van der Waals surface area contributed by atoms with Gasteiger partial charge in [0.25, 0.3) is 5.89 Å². The number of aromatic nitrogens is 4. The summed E-state index contributed by atoms with van der Waals surface area (Å²) in [6.45, 7) is 0. The molecular formula is C20H18N6O. The molecule has 0 spiro atoms. The molecule has 134 valence electrons. The van der Waals surface area contributed by atoms with Crippen LogP contribution in [-0.4, -0.2) is 39.2 Å². The Balaban J connectivity index is 1.75. The van der Waals surface area contributed by atoms with Crippen LogP contribution in [0, 0.1) is 0 Å². The van der Waals surface area contributed by atoms with Gasteiger partial charge in [0.15, 0.2) is 11.5 Å². The minimum Gasteiger partial charge on any atom is -0.415 e. The monoisotopic (exact) mass is 358 g/mol. The fraction of sp³-hybridized carbons (Fsp3) is 0.200. The number of hydrogen-bond acceptors (Lipinski definition) is 7. The first-order valence-corrected chi connectivity index (χ1v) is 8.55. The molecule has 2 aromatic rings. The first kappa shape index (κ1) is 16.8. The van der Waals surface area contributed by atoms with E-state index in [-0.39, 0.29) is 11.7 Å². The highest BCUT2D eigenvalue weighted by atomic mass is 16.4. The van der Waals surface area contributed by atoms with Crippen molar-refractivity contribution in [1.29, 1.82) is 0 Å². The molecule has 2 aromatic heterocycles. The number of nitrogen functional groups attached to an aromatic ring is 1. The molecule has 2 heterocycles. The Labute approximate surface area is 156 Å². The van der Waals surface area contributed by atoms with Crippen LogP contribution in [0.25, 0.3) is 22.7 Å². The molecule has 0 fully saturated rings. The zero-order valence-electron chi connectivity index (χ0n) is 15.1. The number of rotatable bonds is 4. The summed E-state index contributed by atoms with van der Waals surface area (Å²) >= 11 is 0. The van der Waals surface area contributed by atoms with E-state index < -0.39 is 0 Å². The second-order valence-corrected chi connectivity index (χ2v) is 6.33. The third-order valence-electron chi connectivity index (χ3n) is 4.26. The molecule has 0 aromatic carbocycles. The second-order valence-electron chi connectivity index (χ2n) is 6.33. The molecule has 0 saturated heterocycles. The fourth-order valence-electron chi connectivity index (χ4n) is 2.87. The van der Waals surface area contributed by atoms with Gasteiger partial charge in [-0.15, -0.1) is 10.2 Å². The van der Waals surface area contributed by atoms with Crippen molar-refractivity contribution in [2.75, 3.05) is 19.8 Å². The van der Waals surface area contributed by atoms with Crippen LogP contribution in [0.4, 0.5) is 5.82 Å². The summed E-state index contributed by atoms with van der Waals surface area (Å²) in [7, 11) is 3.91. The normalized spacial score (nSPS) is 15.4. The Morgan fingerprint density at radius 1 is 1.15 bits per heavy atom. The van der Waals surface area contributed by atoms with E-state index in [0.29, 0.717) is 17.3 Å². The van der Waals surface area contributed by atoms with Gasteiger partial charge in [0, 0.05) is 37.4 Å². The topological polar surface area (TPSA) is 94.0 Å². The van der Waals surface area contributed by atoms with E-state index in [9.17, 15) is 0 Å². The van der Waals surface area contributed by atoms with Gasteiger partial charge >= 0.3 is 0 Å². The Hall–Kier alpha value is -3.66. The van der Waals surface area contributed by atoms with Crippen LogP contribution in [0.5, 0.6) is 0 Å². The van der Waals surface area contributed by atoms with Crippen molar-refractivity contribution >= 4 is 17.0 Å². The summed E-state index contributed by atoms with van der Waals surface area (Å²) in [5.74, 6) is 0.979. The van der Waals surface area contributed by atoms with Crippen molar-refractivity contribution in [3.63, 3.8) is 0 Å². The summed E-state index contributed by atoms with van der Waals surface area (Å²) in [6.07, 6.45) is 13.2. The maximum absolute atomic E-state index is 6.03. The lowest BCUT2D eigenvalue weighted by Crippen LogP contribution is -2.12. The minimum absolute atomic E-state index is 0.240. The summed E-state index contributed by atoms with van der Waals surface area (Å²) in [5.41, 5.74) is 15.8. The molecule has 7 heteroatoms. The molecule has 0 aliphatic heterocycles. The number of nitrogens with zero attached hydrogens (tertiary/aromatic N) is 5. The highest BCUT2D eigenvalue weighted by Crippen LogP contribution is 2.29. The molecule has 2 aliphatic rings. The summed E-state index contributed by atoms with van der Waals surface area (Å²) in [6, 6.07) is 0. The Morgan fingerprint density at radius 3 is 2.74 bits per heavy atom. The van der Waals surface area contributed by atoms with E-state index in [1.54, 1.807) is 6.20 Å². The minimum atomic E-state index is 0.240. The van der Waals surface area contributed by atoms with E-state index in [1.165, 1.54) is 0 Å². The first-order chi connectivity index (χ1) is 13.1. The van der Waals surface area contributed by atoms with Crippen LogP contribution in [-0.2, 0) is 0 Å². The smallest absolute Gasteiger partial charge is 0.270 e. The van der Waals surface area contributed by atoms with E-state index in [1.807, 2.05) is 43.3 Å².